The first-order valence-electron chi connectivity index (χ1n) is 6.66. The molecule has 1 N–H and O–H groups in total. The third kappa shape index (κ3) is 2.96. The van der Waals surface area contributed by atoms with Gasteiger partial charge in [-0.1, -0.05) is 18.2 Å². The van der Waals surface area contributed by atoms with Crippen LogP contribution in [0.2, 0.25) is 0 Å². The Hall–Kier alpha value is -1.55. The number of rotatable bonds is 2. The van der Waals surface area contributed by atoms with Gasteiger partial charge in [-0.2, -0.15) is 0 Å². The van der Waals surface area contributed by atoms with Crippen molar-refractivity contribution in [2.45, 2.75) is 23.0 Å². The van der Waals surface area contributed by atoms with Gasteiger partial charge in [0.2, 0.25) is 0 Å². The summed E-state index contributed by atoms with van der Waals surface area (Å²) in [6.45, 7) is 0.790. The zero-order valence-electron chi connectivity index (χ0n) is 10.9. The molecule has 1 nitrogen and oxygen atoms in total. The van der Waals surface area contributed by atoms with E-state index < -0.39 is 11.6 Å². The molecule has 0 spiro atoms. The van der Waals surface area contributed by atoms with E-state index in [0.29, 0.717) is 4.90 Å². The Balaban J connectivity index is 1.71. The molecule has 1 aliphatic rings. The lowest BCUT2D eigenvalue weighted by Gasteiger charge is -2.14. The molecular weight excluding hydrogens is 276 g/mol. The molecule has 0 fully saturated rings. The zero-order valence-corrected chi connectivity index (χ0v) is 11.7. The number of aryl methyl sites for hydroxylation is 1. The number of hydrogen-bond donors (Lipinski definition) is 1. The first-order valence-corrected chi connectivity index (χ1v) is 7.54. The van der Waals surface area contributed by atoms with Gasteiger partial charge in [-0.3, -0.25) is 0 Å². The maximum atomic E-state index is 13.7. The minimum Gasteiger partial charge on any atom is -0.384 e. The van der Waals surface area contributed by atoms with Gasteiger partial charge in [0, 0.05) is 28.4 Å². The molecule has 2 aromatic carbocycles. The van der Waals surface area contributed by atoms with E-state index in [1.165, 1.54) is 29.5 Å². The van der Waals surface area contributed by atoms with Crippen LogP contribution in [0, 0.1) is 11.6 Å². The molecule has 0 aromatic heterocycles. The molecule has 3 rings (SSSR count). The molecule has 0 aliphatic carbocycles. The highest BCUT2D eigenvalue weighted by Gasteiger charge is 2.18. The van der Waals surface area contributed by atoms with Crippen molar-refractivity contribution in [1.82, 2.24) is 0 Å². The van der Waals surface area contributed by atoms with E-state index >= 15 is 0 Å². The summed E-state index contributed by atoms with van der Waals surface area (Å²) >= 11 is 1.48. The van der Waals surface area contributed by atoms with Gasteiger partial charge >= 0.3 is 0 Å². The Kier molecular flexibility index (Phi) is 3.92. The Morgan fingerprint density at radius 3 is 2.80 bits per heavy atom. The summed E-state index contributed by atoms with van der Waals surface area (Å²) in [5, 5.41) is 3.69. The highest BCUT2D eigenvalue weighted by molar-refractivity contribution is 8.00. The quantitative estimate of drug-likeness (QED) is 0.875. The molecule has 0 saturated carbocycles. The molecule has 1 atom stereocenters. The summed E-state index contributed by atoms with van der Waals surface area (Å²) in [7, 11) is 0. The fourth-order valence-corrected chi connectivity index (χ4v) is 3.48. The third-order valence-corrected chi connectivity index (χ3v) is 4.78. The van der Waals surface area contributed by atoms with E-state index in [9.17, 15) is 8.78 Å². The number of nitrogens with one attached hydrogen (secondary N) is 1. The van der Waals surface area contributed by atoms with Crippen LogP contribution in [-0.4, -0.2) is 11.8 Å². The minimum absolute atomic E-state index is 0.280. The maximum absolute atomic E-state index is 13.7. The number of halogens is 2. The van der Waals surface area contributed by atoms with E-state index in [2.05, 4.69) is 17.4 Å². The monoisotopic (exact) mass is 291 g/mol. The van der Waals surface area contributed by atoms with E-state index in [4.69, 9.17) is 0 Å². The van der Waals surface area contributed by atoms with E-state index in [0.717, 1.165) is 31.1 Å². The molecule has 104 valence electrons. The molecule has 0 radical (unpaired) electrons. The van der Waals surface area contributed by atoms with E-state index in [-0.39, 0.29) is 5.25 Å². The normalized spacial score (nSPS) is 18.0. The lowest BCUT2D eigenvalue weighted by Crippen LogP contribution is -2.14. The Morgan fingerprint density at radius 2 is 1.95 bits per heavy atom. The van der Waals surface area contributed by atoms with Crippen LogP contribution in [0.4, 0.5) is 14.5 Å². The Labute approximate surface area is 121 Å². The number of benzene rings is 2. The van der Waals surface area contributed by atoms with E-state index in [1.54, 1.807) is 0 Å². The van der Waals surface area contributed by atoms with Crippen molar-refractivity contribution >= 4 is 17.4 Å². The highest BCUT2D eigenvalue weighted by Crippen LogP contribution is 2.32. The highest BCUT2D eigenvalue weighted by atomic mass is 32.2. The first-order chi connectivity index (χ1) is 9.72. The van der Waals surface area contributed by atoms with Gasteiger partial charge in [0.1, 0.15) is 11.6 Å². The van der Waals surface area contributed by atoms with Crippen LogP contribution in [0.5, 0.6) is 0 Å². The van der Waals surface area contributed by atoms with Gasteiger partial charge < -0.3 is 5.32 Å². The molecule has 20 heavy (non-hydrogen) atoms. The average Bonchev–Trinajstić information content (AvgIpc) is 2.65. The van der Waals surface area contributed by atoms with Crippen LogP contribution in [0.1, 0.15) is 12.0 Å². The fourth-order valence-electron chi connectivity index (χ4n) is 2.40. The van der Waals surface area contributed by atoms with Crippen molar-refractivity contribution in [3.05, 3.63) is 59.7 Å². The topological polar surface area (TPSA) is 12.0 Å². The van der Waals surface area contributed by atoms with Gasteiger partial charge in [-0.15, -0.1) is 11.8 Å². The van der Waals surface area contributed by atoms with Gasteiger partial charge in [-0.25, -0.2) is 8.78 Å². The van der Waals surface area contributed by atoms with Gasteiger partial charge in [-0.05, 0) is 36.6 Å². The molecular formula is C16H15F2NS. The lowest BCUT2D eigenvalue weighted by molar-refractivity contribution is 0.565. The summed E-state index contributed by atoms with van der Waals surface area (Å²) in [4.78, 5) is 0.518. The van der Waals surface area contributed by atoms with Crippen molar-refractivity contribution in [3.8, 4) is 0 Å². The third-order valence-electron chi connectivity index (χ3n) is 3.46. The molecule has 1 aliphatic heterocycles. The molecule has 2 aromatic rings. The maximum Gasteiger partial charge on any atom is 0.139 e. The van der Waals surface area contributed by atoms with Crippen molar-refractivity contribution in [2.75, 3.05) is 11.9 Å². The molecule has 0 bridgehead atoms. The summed E-state index contributed by atoms with van der Waals surface area (Å²) in [5.41, 5.74) is 2.46. The number of hydrogen-bond acceptors (Lipinski definition) is 2. The average molecular weight is 291 g/mol. The van der Waals surface area contributed by atoms with Crippen molar-refractivity contribution in [1.29, 1.82) is 0 Å². The van der Waals surface area contributed by atoms with Crippen LogP contribution in [0.3, 0.4) is 0 Å². The second-order valence-electron chi connectivity index (χ2n) is 4.89. The summed E-state index contributed by atoms with van der Waals surface area (Å²) in [5.74, 6) is -1.00. The predicted molar refractivity (Wildman–Crippen MR) is 79.3 cm³/mol. The van der Waals surface area contributed by atoms with Crippen LogP contribution in [-0.2, 0) is 6.42 Å². The zero-order chi connectivity index (χ0) is 13.9. The minimum atomic E-state index is -0.529. The smallest absolute Gasteiger partial charge is 0.139 e. The van der Waals surface area contributed by atoms with Gasteiger partial charge in [0.25, 0.3) is 0 Å². The number of thioether (sulfide) groups is 1. The standard InChI is InChI=1S/C16H15F2NS/c17-12-6-8-16(14(18)9-12)20-13-7-5-11-3-1-2-4-15(11)19-10-13/h1-4,6,8-9,13,19H,5,7,10H2. The van der Waals surface area contributed by atoms with Gasteiger partial charge in [0.05, 0.1) is 0 Å². The van der Waals surface area contributed by atoms with Crippen molar-refractivity contribution in [3.63, 3.8) is 0 Å². The first kappa shape index (κ1) is 13.4. The lowest BCUT2D eigenvalue weighted by atomic mass is 10.1. The molecule has 1 heterocycles. The number of para-hydroxylation sites is 1. The largest absolute Gasteiger partial charge is 0.384 e. The van der Waals surface area contributed by atoms with Gasteiger partial charge in [0.15, 0.2) is 0 Å². The summed E-state index contributed by atoms with van der Waals surface area (Å²) in [6, 6.07) is 12.0. The fraction of sp³-hybridized carbons (Fsp3) is 0.250. The van der Waals surface area contributed by atoms with Crippen LogP contribution in [0.15, 0.2) is 47.4 Å². The Bertz CT molecular complexity index is 588. The summed E-state index contributed by atoms with van der Waals surface area (Å²) < 4.78 is 26.6. The second-order valence-corrected chi connectivity index (χ2v) is 6.23. The van der Waals surface area contributed by atoms with E-state index in [1.807, 2.05) is 12.1 Å². The number of anilines is 1. The molecule has 1 unspecified atom stereocenters. The van der Waals surface area contributed by atoms with Crippen molar-refractivity contribution in [2.24, 2.45) is 0 Å². The summed E-state index contributed by atoms with van der Waals surface area (Å²) in [6.07, 6.45) is 1.95. The van der Waals surface area contributed by atoms with Crippen LogP contribution in [0.25, 0.3) is 0 Å². The SMILES string of the molecule is Fc1ccc(SC2CCc3ccccc3NC2)c(F)c1. The molecule has 0 amide bonds. The number of fused-ring (bicyclic) bond motifs is 1. The van der Waals surface area contributed by atoms with Crippen LogP contribution < -0.4 is 5.32 Å². The molecule has 0 saturated heterocycles. The second kappa shape index (κ2) is 5.83. The Morgan fingerprint density at radius 1 is 1.10 bits per heavy atom. The van der Waals surface area contributed by atoms with Crippen molar-refractivity contribution < 1.29 is 8.78 Å². The van der Waals surface area contributed by atoms with Crippen LogP contribution >= 0.6 is 11.8 Å². The predicted octanol–water partition coefficient (Wildman–Crippen LogP) is 4.48. The molecule has 4 heteroatoms.